The number of nitrogens with one attached hydrogen (secondary N) is 2. The van der Waals surface area contributed by atoms with E-state index in [1.54, 1.807) is 18.2 Å². The number of rotatable bonds is 5. The number of hydrogen-bond acceptors (Lipinski definition) is 4. The van der Waals surface area contributed by atoms with Gasteiger partial charge in [-0.3, -0.25) is 19.7 Å². The molecule has 0 aliphatic heterocycles. The zero-order valence-electron chi connectivity index (χ0n) is 13.6. The quantitative estimate of drug-likeness (QED) is 0.630. The minimum absolute atomic E-state index is 0.104. The Morgan fingerprint density at radius 3 is 2.56 bits per heavy atom. The van der Waals surface area contributed by atoms with Crippen LogP contribution in [0.5, 0.6) is 0 Å². The molecule has 0 fully saturated rings. The lowest BCUT2D eigenvalue weighted by molar-refractivity contribution is -0.384. The molecule has 2 aromatic rings. The van der Waals surface area contributed by atoms with Crippen LogP contribution in [0, 0.1) is 17.0 Å². The fourth-order valence-corrected chi connectivity index (χ4v) is 2.21. The van der Waals surface area contributed by atoms with E-state index in [9.17, 15) is 19.7 Å². The number of halogens is 1. The highest BCUT2D eigenvalue weighted by Gasteiger charge is 2.18. The Bertz CT molecular complexity index is 838. The molecule has 0 unspecified atom stereocenters. The van der Waals surface area contributed by atoms with Crippen LogP contribution in [0.15, 0.2) is 42.5 Å². The predicted molar refractivity (Wildman–Crippen MR) is 94.8 cm³/mol. The summed E-state index contributed by atoms with van der Waals surface area (Å²) in [5, 5.41) is 16.4. The molecule has 2 amide bonds. The van der Waals surface area contributed by atoms with Gasteiger partial charge in [0.1, 0.15) is 6.04 Å². The van der Waals surface area contributed by atoms with Gasteiger partial charge in [-0.25, -0.2) is 0 Å². The highest BCUT2D eigenvalue weighted by Crippen LogP contribution is 2.20. The molecule has 0 spiro atoms. The Morgan fingerprint density at radius 1 is 1.20 bits per heavy atom. The van der Waals surface area contributed by atoms with E-state index in [0.29, 0.717) is 10.7 Å². The third-order valence-corrected chi connectivity index (χ3v) is 3.91. The third-order valence-electron chi connectivity index (χ3n) is 3.50. The highest BCUT2D eigenvalue weighted by molar-refractivity contribution is 6.31. The Morgan fingerprint density at radius 2 is 1.92 bits per heavy atom. The molecule has 0 aromatic heterocycles. The highest BCUT2D eigenvalue weighted by atomic mass is 35.5. The second-order valence-electron chi connectivity index (χ2n) is 5.46. The normalized spacial score (nSPS) is 11.5. The fourth-order valence-electron chi connectivity index (χ4n) is 2.03. The van der Waals surface area contributed by atoms with Crippen LogP contribution >= 0.6 is 11.6 Å². The number of benzene rings is 2. The molecule has 2 rings (SSSR count). The first-order valence-electron chi connectivity index (χ1n) is 7.40. The van der Waals surface area contributed by atoms with Gasteiger partial charge in [0.15, 0.2) is 0 Å². The molecule has 2 N–H and O–H groups in total. The molecule has 1 atom stereocenters. The number of amides is 2. The number of nitro groups is 1. The minimum Gasteiger partial charge on any atom is -0.341 e. The number of anilines is 1. The maximum absolute atomic E-state index is 12.2. The summed E-state index contributed by atoms with van der Waals surface area (Å²) in [6, 6.07) is 9.53. The fraction of sp³-hybridized carbons (Fsp3) is 0.176. The first-order chi connectivity index (χ1) is 11.8. The first-order valence-corrected chi connectivity index (χ1v) is 7.78. The lowest BCUT2D eigenvalue weighted by atomic mass is 10.1. The lowest BCUT2D eigenvalue weighted by Gasteiger charge is -2.14. The summed E-state index contributed by atoms with van der Waals surface area (Å²) in [7, 11) is 0. The number of carbonyl (C=O) groups excluding carboxylic acids is 2. The van der Waals surface area contributed by atoms with Crippen LogP contribution in [0.1, 0.15) is 22.8 Å². The summed E-state index contributed by atoms with van der Waals surface area (Å²) < 4.78 is 0. The largest absolute Gasteiger partial charge is 0.341 e. The van der Waals surface area contributed by atoms with Crippen molar-refractivity contribution in [2.45, 2.75) is 19.9 Å². The van der Waals surface area contributed by atoms with Crippen molar-refractivity contribution in [2.75, 3.05) is 5.32 Å². The van der Waals surface area contributed by atoms with E-state index >= 15 is 0 Å². The first kappa shape index (κ1) is 18.4. The maximum Gasteiger partial charge on any atom is 0.270 e. The van der Waals surface area contributed by atoms with E-state index in [4.69, 9.17) is 11.6 Å². The SMILES string of the molecule is Cc1ccc(NC(=O)[C@H](C)NC(=O)c2cccc([N+](=O)[O-])c2)cc1Cl. The maximum atomic E-state index is 12.2. The van der Waals surface area contributed by atoms with Gasteiger partial charge in [-0.1, -0.05) is 23.7 Å². The number of carbonyl (C=O) groups is 2. The van der Waals surface area contributed by atoms with E-state index in [1.807, 2.05) is 6.92 Å². The van der Waals surface area contributed by atoms with Crippen molar-refractivity contribution >= 4 is 34.8 Å². The average molecular weight is 362 g/mol. The summed E-state index contributed by atoms with van der Waals surface area (Å²) in [4.78, 5) is 34.5. The Kier molecular flexibility index (Phi) is 5.71. The van der Waals surface area contributed by atoms with Gasteiger partial charge in [-0.2, -0.15) is 0 Å². The second-order valence-corrected chi connectivity index (χ2v) is 5.86. The topological polar surface area (TPSA) is 101 Å². The van der Waals surface area contributed by atoms with Gasteiger partial charge in [0, 0.05) is 28.4 Å². The molecule has 0 saturated heterocycles. The van der Waals surface area contributed by atoms with Crippen molar-refractivity contribution in [3.8, 4) is 0 Å². The van der Waals surface area contributed by atoms with Crippen molar-refractivity contribution in [3.05, 3.63) is 68.7 Å². The summed E-state index contributed by atoms with van der Waals surface area (Å²) in [5.41, 5.74) is 1.30. The standard InChI is InChI=1S/C17H16ClN3O4/c1-10-6-7-13(9-15(10)18)20-16(22)11(2)19-17(23)12-4-3-5-14(8-12)21(24)25/h3-9,11H,1-2H3,(H,19,23)(H,20,22)/t11-/m0/s1. The molecular weight excluding hydrogens is 346 g/mol. The van der Waals surface area contributed by atoms with Gasteiger partial charge < -0.3 is 10.6 Å². The summed E-state index contributed by atoms with van der Waals surface area (Å²) in [6.45, 7) is 3.36. The van der Waals surface area contributed by atoms with Gasteiger partial charge in [-0.15, -0.1) is 0 Å². The lowest BCUT2D eigenvalue weighted by Crippen LogP contribution is -2.41. The average Bonchev–Trinajstić information content (AvgIpc) is 2.58. The van der Waals surface area contributed by atoms with Crippen molar-refractivity contribution in [1.82, 2.24) is 5.32 Å². The minimum atomic E-state index is -0.841. The van der Waals surface area contributed by atoms with Crippen LogP contribution < -0.4 is 10.6 Å². The van der Waals surface area contributed by atoms with E-state index in [1.165, 1.54) is 25.1 Å². The van der Waals surface area contributed by atoms with Gasteiger partial charge in [0.05, 0.1) is 4.92 Å². The van der Waals surface area contributed by atoms with Crippen molar-refractivity contribution < 1.29 is 14.5 Å². The van der Waals surface area contributed by atoms with Crippen LogP contribution in [0.2, 0.25) is 5.02 Å². The number of nitrogens with zero attached hydrogens (tertiary/aromatic N) is 1. The molecule has 0 radical (unpaired) electrons. The molecule has 25 heavy (non-hydrogen) atoms. The number of aryl methyl sites for hydroxylation is 1. The van der Waals surface area contributed by atoms with Crippen LogP contribution in [-0.2, 0) is 4.79 Å². The number of nitro benzene ring substituents is 1. The van der Waals surface area contributed by atoms with Crippen molar-refractivity contribution in [2.24, 2.45) is 0 Å². The predicted octanol–water partition coefficient (Wildman–Crippen LogP) is 3.31. The van der Waals surface area contributed by atoms with E-state index < -0.39 is 22.8 Å². The molecule has 7 nitrogen and oxygen atoms in total. The molecule has 0 aliphatic rings. The Hall–Kier alpha value is -2.93. The van der Waals surface area contributed by atoms with E-state index in [2.05, 4.69) is 10.6 Å². The summed E-state index contributed by atoms with van der Waals surface area (Å²) in [6.07, 6.45) is 0. The number of non-ortho nitro benzene ring substituents is 1. The summed E-state index contributed by atoms with van der Waals surface area (Å²) in [5.74, 6) is -1.01. The van der Waals surface area contributed by atoms with Crippen molar-refractivity contribution in [3.63, 3.8) is 0 Å². The number of hydrogen-bond donors (Lipinski definition) is 2. The molecule has 2 aromatic carbocycles. The smallest absolute Gasteiger partial charge is 0.270 e. The van der Waals surface area contributed by atoms with E-state index in [-0.39, 0.29) is 11.3 Å². The molecule has 130 valence electrons. The van der Waals surface area contributed by atoms with Gasteiger partial charge in [0.2, 0.25) is 5.91 Å². The molecule has 0 saturated carbocycles. The van der Waals surface area contributed by atoms with E-state index in [0.717, 1.165) is 11.6 Å². The Balaban J connectivity index is 2.02. The van der Waals surface area contributed by atoms with Gasteiger partial charge in [-0.05, 0) is 37.6 Å². The van der Waals surface area contributed by atoms with Crippen molar-refractivity contribution in [1.29, 1.82) is 0 Å². The third kappa shape index (κ3) is 4.77. The molecule has 0 aliphatic carbocycles. The molecular formula is C17H16ClN3O4. The van der Waals surface area contributed by atoms with Gasteiger partial charge >= 0.3 is 0 Å². The molecule has 0 heterocycles. The van der Waals surface area contributed by atoms with Gasteiger partial charge in [0.25, 0.3) is 11.6 Å². The molecule has 0 bridgehead atoms. The zero-order valence-corrected chi connectivity index (χ0v) is 14.3. The van der Waals surface area contributed by atoms with Crippen LogP contribution in [0.4, 0.5) is 11.4 Å². The molecule has 8 heteroatoms. The zero-order chi connectivity index (χ0) is 18.6. The Labute approximate surface area is 149 Å². The monoisotopic (exact) mass is 361 g/mol. The van der Waals surface area contributed by atoms with Crippen LogP contribution in [0.3, 0.4) is 0 Å². The second kappa shape index (κ2) is 7.76. The van der Waals surface area contributed by atoms with Crippen LogP contribution in [-0.4, -0.2) is 22.8 Å². The van der Waals surface area contributed by atoms with Crippen LogP contribution in [0.25, 0.3) is 0 Å². The summed E-state index contributed by atoms with van der Waals surface area (Å²) >= 11 is 6.01.